The topological polar surface area (TPSA) is 54.0 Å². The Labute approximate surface area is 124 Å². The van der Waals surface area contributed by atoms with Crippen molar-refractivity contribution in [3.63, 3.8) is 0 Å². The Morgan fingerprint density at radius 1 is 0.900 bits per heavy atom. The zero-order chi connectivity index (χ0) is 15.6. The molecule has 0 aromatic heterocycles. The fourth-order valence-electron chi connectivity index (χ4n) is 1.28. The number of hydrogen-bond acceptors (Lipinski definition) is 5. The zero-order valence-electron chi connectivity index (χ0n) is 13.8. The zero-order valence-corrected chi connectivity index (χ0v) is 14.8. The van der Waals surface area contributed by atoms with Gasteiger partial charge in [-0.05, 0) is 40.4 Å². The van der Waals surface area contributed by atoms with E-state index >= 15 is 0 Å². The predicted octanol–water partition coefficient (Wildman–Crippen LogP) is 2.60. The van der Waals surface area contributed by atoms with Crippen molar-refractivity contribution in [2.75, 3.05) is 33.0 Å². The lowest BCUT2D eigenvalue weighted by Crippen LogP contribution is -2.27. The van der Waals surface area contributed by atoms with E-state index in [1.807, 2.05) is 20.8 Å². The van der Waals surface area contributed by atoms with Crippen molar-refractivity contribution < 1.29 is 23.4 Å². The van der Waals surface area contributed by atoms with Crippen molar-refractivity contribution in [3.05, 3.63) is 0 Å². The van der Waals surface area contributed by atoms with Gasteiger partial charge in [-0.15, -0.1) is 0 Å². The quantitative estimate of drug-likeness (QED) is 0.353. The maximum Gasteiger partial charge on any atom is 0.308 e. The second kappa shape index (κ2) is 9.49. The molecule has 0 fully saturated rings. The summed E-state index contributed by atoms with van der Waals surface area (Å²) in [4.78, 5) is 11.4. The van der Waals surface area contributed by atoms with Crippen LogP contribution in [0.5, 0.6) is 0 Å². The molecule has 0 aliphatic heterocycles. The van der Waals surface area contributed by atoms with Gasteiger partial charge in [0.2, 0.25) is 0 Å². The van der Waals surface area contributed by atoms with Gasteiger partial charge in [-0.2, -0.15) is 0 Å². The Morgan fingerprint density at radius 3 is 1.90 bits per heavy atom. The van der Waals surface area contributed by atoms with Crippen LogP contribution in [0.2, 0.25) is 19.6 Å². The molecule has 0 N–H and O–H groups in total. The summed E-state index contributed by atoms with van der Waals surface area (Å²) < 4.78 is 21.5. The summed E-state index contributed by atoms with van der Waals surface area (Å²) in [5.74, 6) is -0.234. The summed E-state index contributed by atoms with van der Waals surface area (Å²) >= 11 is 0. The van der Waals surface area contributed by atoms with E-state index < -0.39 is 13.9 Å². The summed E-state index contributed by atoms with van der Waals surface area (Å²) in [6.07, 6.45) is 0.274. The molecule has 0 spiro atoms. The smallest absolute Gasteiger partial charge is 0.308 e. The van der Waals surface area contributed by atoms with Crippen molar-refractivity contribution in [1.29, 1.82) is 0 Å². The number of carbonyl (C=O) groups excluding carboxylic acids is 1. The van der Waals surface area contributed by atoms with Crippen LogP contribution in [0.3, 0.4) is 0 Å². The van der Waals surface area contributed by atoms with Gasteiger partial charge in [0.25, 0.3) is 0 Å². The first-order chi connectivity index (χ1) is 9.10. The van der Waals surface area contributed by atoms with Gasteiger partial charge in [0.15, 0.2) is 8.32 Å². The number of ether oxygens (including phenoxy) is 3. The first-order valence-corrected chi connectivity index (χ1v) is 10.5. The highest BCUT2D eigenvalue weighted by Crippen LogP contribution is 2.08. The van der Waals surface area contributed by atoms with Crippen molar-refractivity contribution >= 4 is 14.3 Å². The molecular weight excluding hydrogens is 276 g/mol. The van der Waals surface area contributed by atoms with Gasteiger partial charge in [0.05, 0.1) is 39.5 Å². The molecule has 5 nitrogen and oxygen atoms in total. The molecule has 0 amide bonds. The van der Waals surface area contributed by atoms with E-state index in [1.165, 1.54) is 0 Å². The highest BCUT2D eigenvalue weighted by Gasteiger charge is 2.15. The fourth-order valence-corrected chi connectivity index (χ4v) is 1.97. The number of esters is 1. The van der Waals surface area contributed by atoms with E-state index in [0.29, 0.717) is 33.0 Å². The van der Waals surface area contributed by atoms with Crippen LogP contribution in [0, 0.1) is 0 Å². The maximum atomic E-state index is 11.4. The van der Waals surface area contributed by atoms with E-state index in [0.717, 1.165) is 0 Å². The minimum atomic E-state index is -1.43. The summed E-state index contributed by atoms with van der Waals surface area (Å²) in [5.41, 5.74) is -0.434. The van der Waals surface area contributed by atoms with Gasteiger partial charge < -0.3 is 18.6 Å². The Morgan fingerprint density at radius 2 is 1.40 bits per heavy atom. The minimum absolute atomic E-state index is 0.234. The molecule has 0 aromatic rings. The lowest BCUT2D eigenvalue weighted by Gasteiger charge is -2.19. The molecule has 0 rings (SSSR count). The molecule has 20 heavy (non-hydrogen) atoms. The molecular formula is C14H30O5Si. The van der Waals surface area contributed by atoms with Crippen LogP contribution in [-0.2, 0) is 23.4 Å². The van der Waals surface area contributed by atoms with Crippen LogP contribution in [0.1, 0.15) is 27.2 Å². The van der Waals surface area contributed by atoms with Gasteiger partial charge >= 0.3 is 5.97 Å². The number of carbonyl (C=O) groups is 1. The molecule has 0 atom stereocenters. The lowest BCUT2D eigenvalue weighted by molar-refractivity contribution is -0.156. The Balaban J connectivity index is 3.31. The lowest BCUT2D eigenvalue weighted by atomic mass is 10.2. The average Bonchev–Trinajstić information content (AvgIpc) is 2.22. The van der Waals surface area contributed by atoms with Gasteiger partial charge in [-0.3, -0.25) is 4.79 Å². The molecule has 0 aliphatic rings. The normalized spacial score (nSPS) is 12.5. The van der Waals surface area contributed by atoms with Gasteiger partial charge in [-0.25, -0.2) is 0 Å². The van der Waals surface area contributed by atoms with Crippen LogP contribution >= 0.6 is 0 Å². The average molecular weight is 306 g/mol. The number of rotatable bonds is 10. The highest BCUT2D eigenvalue weighted by atomic mass is 28.4. The third-order valence-corrected chi connectivity index (χ3v) is 3.08. The van der Waals surface area contributed by atoms with Crippen LogP contribution in [-0.4, -0.2) is 52.9 Å². The van der Waals surface area contributed by atoms with E-state index in [2.05, 4.69) is 19.6 Å². The summed E-state index contributed by atoms with van der Waals surface area (Å²) in [7, 11) is -1.43. The SMILES string of the molecule is CC(C)(C)OC(=O)CCOCCOCCO[Si](C)(C)C. The Bertz CT molecular complexity index is 268. The fraction of sp³-hybridized carbons (Fsp3) is 0.929. The van der Waals surface area contributed by atoms with Crippen LogP contribution in [0.15, 0.2) is 0 Å². The largest absolute Gasteiger partial charge is 0.460 e. The Hall–Kier alpha value is -0.433. The maximum absolute atomic E-state index is 11.4. The van der Waals surface area contributed by atoms with Crippen molar-refractivity contribution in [2.24, 2.45) is 0 Å². The second-order valence-electron chi connectivity index (χ2n) is 6.52. The third kappa shape index (κ3) is 15.6. The molecule has 0 saturated heterocycles. The van der Waals surface area contributed by atoms with Gasteiger partial charge in [0, 0.05) is 0 Å². The standard InChI is InChI=1S/C14H30O5Si/c1-14(2,3)19-13(15)7-8-16-9-10-17-11-12-18-20(4,5)6/h7-12H2,1-6H3. The third-order valence-electron chi connectivity index (χ3n) is 2.01. The van der Waals surface area contributed by atoms with E-state index in [4.69, 9.17) is 18.6 Å². The van der Waals surface area contributed by atoms with Crippen LogP contribution < -0.4 is 0 Å². The summed E-state index contributed by atoms with van der Waals surface area (Å²) in [5, 5.41) is 0. The highest BCUT2D eigenvalue weighted by molar-refractivity contribution is 6.69. The first kappa shape index (κ1) is 19.6. The van der Waals surface area contributed by atoms with Crippen molar-refractivity contribution in [2.45, 2.75) is 52.4 Å². The molecule has 120 valence electrons. The molecule has 0 aromatic carbocycles. The molecule has 0 radical (unpaired) electrons. The van der Waals surface area contributed by atoms with Crippen LogP contribution in [0.25, 0.3) is 0 Å². The molecule has 0 bridgehead atoms. The summed E-state index contributed by atoms with van der Waals surface area (Å²) in [6.45, 7) is 14.6. The Kier molecular flexibility index (Phi) is 9.29. The number of hydrogen-bond donors (Lipinski definition) is 0. The van der Waals surface area contributed by atoms with Gasteiger partial charge in [-0.1, -0.05) is 0 Å². The molecule has 0 aliphatic carbocycles. The minimum Gasteiger partial charge on any atom is -0.460 e. The van der Waals surface area contributed by atoms with Gasteiger partial charge in [0.1, 0.15) is 5.60 Å². The monoisotopic (exact) mass is 306 g/mol. The molecule has 0 saturated carbocycles. The van der Waals surface area contributed by atoms with Crippen molar-refractivity contribution in [3.8, 4) is 0 Å². The predicted molar refractivity (Wildman–Crippen MR) is 81.4 cm³/mol. The molecule has 0 heterocycles. The summed E-state index contributed by atoms with van der Waals surface area (Å²) in [6, 6.07) is 0. The molecule has 0 unspecified atom stereocenters. The van der Waals surface area contributed by atoms with Crippen molar-refractivity contribution in [1.82, 2.24) is 0 Å². The van der Waals surface area contributed by atoms with E-state index in [9.17, 15) is 4.79 Å². The van der Waals surface area contributed by atoms with E-state index in [1.54, 1.807) is 0 Å². The van der Waals surface area contributed by atoms with Crippen LogP contribution in [0.4, 0.5) is 0 Å². The molecule has 6 heteroatoms. The second-order valence-corrected chi connectivity index (χ2v) is 11.0. The first-order valence-electron chi connectivity index (χ1n) is 7.11. The van der Waals surface area contributed by atoms with E-state index in [-0.39, 0.29) is 12.4 Å².